The average molecular weight is 464 g/mol. The number of hydrogen-bond acceptors (Lipinski definition) is 5. The Morgan fingerprint density at radius 1 is 1.09 bits per heavy atom. The molecule has 8 nitrogen and oxygen atoms in total. The first-order chi connectivity index (χ1) is 14.9. The molecule has 2 amide bonds. The molecule has 2 aromatic rings. The van der Waals surface area contributed by atoms with Gasteiger partial charge in [-0.2, -0.15) is 0 Å². The molecule has 0 saturated carbocycles. The van der Waals surface area contributed by atoms with E-state index in [1.165, 1.54) is 68.3 Å². The molecule has 0 aliphatic carbocycles. The summed E-state index contributed by atoms with van der Waals surface area (Å²) in [6.45, 7) is 2.26. The first-order valence-corrected chi connectivity index (χ1v) is 11.6. The third-order valence-electron chi connectivity index (χ3n) is 4.90. The summed E-state index contributed by atoms with van der Waals surface area (Å²) in [7, 11) is -2.47. The highest BCUT2D eigenvalue weighted by molar-refractivity contribution is 7.92. The van der Waals surface area contributed by atoms with E-state index in [4.69, 9.17) is 0 Å². The predicted octanol–water partition coefficient (Wildman–Crippen LogP) is 1.96. The molecule has 0 bridgehead atoms. The van der Waals surface area contributed by atoms with Crippen LogP contribution in [0.25, 0.3) is 0 Å². The normalized spacial score (nSPS) is 12.0. The summed E-state index contributed by atoms with van der Waals surface area (Å²) < 4.78 is 39.1. The maximum atomic E-state index is 13.3. The zero-order valence-electron chi connectivity index (χ0n) is 18.3. The number of sulfonamides is 1. The van der Waals surface area contributed by atoms with Gasteiger partial charge in [0, 0.05) is 19.2 Å². The fourth-order valence-corrected chi connectivity index (χ4v) is 3.91. The quantitative estimate of drug-likeness (QED) is 0.573. The van der Waals surface area contributed by atoms with Crippen molar-refractivity contribution in [1.29, 1.82) is 0 Å². The molecule has 1 N–H and O–H groups in total. The van der Waals surface area contributed by atoms with Gasteiger partial charge in [0.2, 0.25) is 21.8 Å². The molecule has 10 heteroatoms. The Labute approximate surface area is 187 Å². The van der Waals surface area contributed by atoms with Gasteiger partial charge in [0.15, 0.2) is 5.78 Å². The number of Topliss-reactive ketones (excluding diaryl/α,β-unsaturated/α-hetero) is 1. The van der Waals surface area contributed by atoms with E-state index in [-0.39, 0.29) is 18.0 Å². The molecule has 0 aliphatic rings. The van der Waals surface area contributed by atoms with Crippen molar-refractivity contribution in [3.8, 4) is 0 Å². The van der Waals surface area contributed by atoms with Crippen LogP contribution >= 0.6 is 0 Å². The number of carbonyl (C=O) groups is 3. The van der Waals surface area contributed by atoms with Crippen molar-refractivity contribution in [2.45, 2.75) is 26.4 Å². The lowest BCUT2D eigenvalue weighted by molar-refractivity contribution is -0.139. The third-order valence-corrected chi connectivity index (χ3v) is 6.04. The summed E-state index contributed by atoms with van der Waals surface area (Å²) in [5.74, 6) is -1.77. The molecule has 1 unspecified atom stereocenters. The van der Waals surface area contributed by atoms with E-state index >= 15 is 0 Å². The minimum atomic E-state index is -3.89. The van der Waals surface area contributed by atoms with Gasteiger partial charge >= 0.3 is 0 Å². The fourth-order valence-electron chi connectivity index (χ4n) is 3.07. The average Bonchev–Trinajstić information content (AvgIpc) is 2.75. The van der Waals surface area contributed by atoms with Gasteiger partial charge in [-0.1, -0.05) is 24.3 Å². The number of rotatable bonds is 9. The summed E-state index contributed by atoms with van der Waals surface area (Å²) in [6, 6.07) is 10.5. The molecule has 0 aromatic heterocycles. The van der Waals surface area contributed by atoms with Crippen LogP contribution in [0, 0.1) is 5.82 Å². The lowest BCUT2D eigenvalue weighted by Gasteiger charge is -2.31. The van der Waals surface area contributed by atoms with Crippen LogP contribution in [0.15, 0.2) is 48.5 Å². The van der Waals surface area contributed by atoms with Crippen LogP contribution in [-0.2, 0) is 26.2 Å². The summed E-state index contributed by atoms with van der Waals surface area (Å²) in [6.07, 6.45) is 0.952. The van der Waals surface area contributed by atoms with Crippen molar-refractivity contribution in [2.24, 2.45) is 0 Å². The van der Waals surface area contributed by atoms with Crippen LogP contribution in [0.5, 0.6) is 0 Å². The van der Waals surface area contributed by atoms with Crippen molar-refractivity contribution in [3.63, 3.8) is 0 Å². The fraction of sp³-hybridized carbons (Fsp3) is 0.318. The number of nitrogens with one attached hydrogen (secondary N) is 1. The highest BCUT2D eigenvalue weighted by Gasteiger charge is 2.29. The van der Waals surface area contributed by atoms with E-state index < -0.39 is 40.2 Å². The van der Waals surface area contributed by atoms with Crippen LogP contribution in [0.4, 0.5) is 10.1 Å². The van der Waals surface area contributed by atoms with Crippen molar-refractivity contribution >= 4 is 33.3 Å². The Morgan fingerprint density at radius 2 is 1.72 bits per heavy atom. The number of halogens is 1. The van der Waals surface area contributed by atoms with E-state index in [9.17, 15) is 27.2 Å². The maximum absolute atomic E-state index is 13.3. The zero-order valence-corrected chi connectivity index (χ0v) is 19.1. The van der Waals surface area contributed by atoms with Crippen molar-refractivity contribution < 1.29 is 27.2 Å². The van der Waals surface area contributed by atoms with Gasteiger partial charge in [0.25, 0.3) is 0 Å². The SMILES string of the molecule is CNC(=O)C(C)N(Cc1ccc(F)cc1)C(=O)CN(c1cccc(C(C)=O)c1)S(C)(=O)=O. The molecule has 0 aliphatic heterocycles. The Morgan fingerprint density at radius 3 is 2.25 bits per heavy atom. The molecule has 0 saturated heterocycles. The summed E-state index contributed by atoms with van der Waals surface area (Å²) >= 11 is 0. The number of hydrogen-bond donors (Lipinski definition) is 1. The Kier molecular flexibility index (Phi) is 8.09. The van der Waals surface area contributed by atoms with E-state index in [0.717, 1.165) is 10.6 Å². The number of carbonyl (C=O) groups excluding carboxylic acids is 3. The van der Waals surface area contributed by atoms with Crippen molar-refractivity contribution in [2.75, 3.05) is 24.2 Å². The number of nitrogens with zero attached hydrogens (tertiary/aromatic N) is 2. The van der Waals surface area contributed by atoms with Gasteiger partial charge in [-0.3, -0.25) is 18.7 Å². The molecule has 0 heterocycles. The molecular weight excluding hydrogens is 437 g/mol. The van der Waals surface area contributed by atoms with Crippen LogP contribution in [0.3, 0.4) is 0 Å². The lowest BCUT2D eigenvalue weighted by Crippen LogP contribution is -2.50. The van der Waals surface area contributed by atoms with Gasteiger partial charge < -0.3 is 10.2 Å². The highest BCUT2D eigenvalue weighted by Crippen LogP contribution is 2.21. The zero-order chi connectivity index (χ0) is 24.1. The van der Waals surface area contributed by atoms with E-state index in [1.807, 2.05) is 0 Å². The molecule has 0 radical (unpaired) electrons. The largest absolute Gasteiger partial charge is 0.357 e. The first-order valence-electron chi connectivity index (χ1n) is 9.78. The summed E-state index contributed by atoms with van der Waals surface area (Å²) in [5.41, 5.74) is 1.02. The van der Waals surface area contributed by atoms with Crippen LogP contribution < -0.4 is 9.62 Å². The van der Waals surface area contributed by atoms with Gasteiger partial charge in [-0.05, 0) is 43.7 Å². The van der Waals surface area contributed by atoms with Gasteiger partial charge in [0.05, 0.1) is 11.9 Å². The minimum Gasteiger partial charge on any atom is -0.357 e. The van der Waals surface area contributed by atoms with Crippen molar-refractivity contribution in [3.05, 3.63) is 65.5 Å². The minimum absolute atomic E-state index is 0.0290. The molecular formula is C22H26FN3O5S. The van der Waals surface area contributed by atoms with Crippen molar-refractivity contribution in [1.82, 2.24) is 10.2 Å². The second-order valence-corrected chi connectivity index (χ2v) is 9.22. The van der Waals surface area contributed by atoms with Crippen LogP contribution in [-0.4, -0.2) is 56.8 Å². The second kappa shape index (κ2) is 10.4. The van der Waals surface area contributed by atoms with Crippen LogP contribution in [0.2, 0.25) is 0 Å². The smallest absolute Gasteiger partial charge is 0.244 e. The predicted molar refractivity (Wildman–Crippen MR) is 119 cm³/mol. The molecule has 0 spiro atoms. The van der Waals surface area contributed by atoms with E-state index in [2.05, 4.69) is 5.32 Å². The number of amides is 2. The number of likely N-dealkylation sites (N-methyl/N-ethyl adjacent to an activating group) is 1. The summed E-state index contributed by atoms with van der Waals surface area (Å²) in [4.78, 5) is 38.4. The summed E-state index contributed by atoms with van der Waals surface area (Å²) in [5, 5.41) is 2.47. The number of anilines is 1. The Balaban J connectivity index is 2.41. The second-order valence-electron chi connectivity index (χ2n) is 7.31. The number of benzene rings is 2. The topological polar surface area (TPSA) is 104 Å². The molecule has 2 rings (SSSR count). The first kappa shape index (κ1) is 25.0. The third kappa shape index (κ3) is 6.36. The number of ketones is 1. The molecule has 172 valence electrons. The monoisotopic (exact) mass is 463 g/mol. The van der Waals surface area contributed by atoms with Gasteiger partial charge in [0.1, 0.15) is 18.4 Å². The maximum Gasteiger partial charge on any atom is 0.244 e. The molecule has 2 aromatic carbocycles. The molecule has 1 atom stereocenters. The standard InChI is InChI=1S/C22H26FN3O5S/c1-15(22(29)24-3)25(13-17-8-10-19(23)11-9-17)21(28)14-26(32(4,30)31)20-7-5-6-18(12-20)16(2)27/h5-12,15H,13-14H2,1-4H3,(H,24,29). The molecule has 0 fully saturated rings. The Hall–Kier alpha value is -3.27. The lowest BCUT2D eigenvalue weighted by atomic mass is 10.1. The van der Waals surface area contributed by atoms with Gasteiger partial charge in [-0.25, -0.2) is 12.8 Å². The van der Waals surface area contributed by atoms with E-state index in [1.54, 1.807) is 6.07 Å². The van der Waals surface area contributed by atoms with Crippen LogP contribution in [0.1, 0.15) is 29.8 Å². The van der Waals surface area contributed by atoms with Gasteiger partial charge in [-0.15, -0.1) is 0 Å². The van der Waals surface area contributed by atoms with E-state index in [0.29, 0.717) is 11.1 Å². The Bertz CT molecular complexity index is 1100. The molecule has 32 heavy (non-hydrogen) atoms. The highest BCUT2D eigenvalue weighted by atomic mass is 32.2.